The lowest BCUT2D eigenvalue weighted by Gasteiger charge is -2.31. The zero-order chi connectivity index (χ0) is 15.5. The van der Waals surface area contributed by atoms with Gasteiger partial charge in [0.1, 0.15) is 5.82 Å². The highest BCUT2D eigenvalue weighted by Crippen LogP contribution is 2.31. The summed E-state index contributed by atoms with van der Waals surface area (Å²) in [6.07, 6.45) is 0.320. The molecule has 0 fully saturated rings. The molecular formula is C16H15Cl2FO2. The van der Waals surface area contributed by atoms with Crippen LogP contribution >= 0.6 is 23.2 Å². The van der Waals surface area contributed by atoms with Gasteiger partial charge in [0.25, 0.3) is 0 Å². The van der Waals surface area contributed by atoms with E-state index in [1.165, 1.54) is 12.1 Å². The number of hydrogen-bond acceptors (Lipinski definition) is 2. The molecule has 2 aromatic carbocycles. The highest BCUT2D eigenvalue weighted by molar-refractivity contribution is 6.31. The summed E-state index contributed by atoms with van der Waals surface area (Å²) >= 11 is 11.8. The molecule has 2 rings (SSSR count). The standard InChI is InChI=1S/C16H15Cl2FO2/c17-13-3-1-2-12(7-13)16(9-20,10-21)8-11-4-5-15(19)14(18)6-11/h1-7,20-21H,8-10H2. The molecule has 0 atom stereocenters. The number of benzene rings is 2. The molecule has 2 nitrogen and oxygen atoms in total. The first-order valence-corrected chi connectivity index (χ1v) is 7.18. The van der Waals surface area contributed by atoms with Crippen LogP contribution in [0.2, 0.25) is 10.0 Å². The summed E-state index contributed by atoms with van der Waals surface area (Å²) in [4.78, 5) is 0. The quantitative estimate of drug-likeness (QED) is 0.880. The molecule has 0 saturated carbocycles. The van der Waals surface area contributed by atoms with Crippen molar-refractivity contribution in [1.82, 2.24) is 0 Å². The lowest BCUT2D eigenvalue weighted by Crippen LogP contribution is -2.37. The molecule has 0 bridgehead atoms. The SMILES string of the molecule is OCC(CO)(Cc1ccc(F)c(Cl)c1)c1cccc(Cl)c1. The first-order chi connectivity index (χ1) is 10.0. The van der Waals surface area contributed by atoms with E-state index in [1.54, 1.807) is 30.3 Å². The van der Waals surface area contributed by atoms with E-state index >= 15 is 0 Å². The highest BCUT2D eigenvalue weighted by atomic mass is 35.5. The Hall–Kier alpha value is -1.13. The van der Waals surface area contributed by atoms with Crippen LogP contribution in [0.5, 0.6) is 0 Å². The van der Waals surface area contributed by atoms with Gasteiger partial charge in [0.15, 0.2) is 0 Å². The Morgan fingerprint density at radius 1 is 1.00 bits per heavy atom. The minimum Gasteiger partial charge on any atom is -0.395 e. The molecule has 5 heteroatoms. The fourth-order valence-corrected chi connectivity index (χ4v) is 2.70. The summed E-state index contributed by atoms with van der Waals surface area (Å²) in [7, 11) is 0. The maximum absolute atomic E-state index is 13.2. The zero-order valence-corrected chi connectivity index (χ0v) is 12.7. The van der Waals surface area contributed by atoms with Crippen molar-refractivity contribution in [3.8, 4) is 0 Å². The van der Waals surface area contributed by atoms with E-state index in [2.05, 4.69) is 0 Å². The summed E-state index contributed by atoms with van der Waals surface area (Å²) in [6.45, 7) is -0.530. The average molecular weight is 329 g/mol. The van der Waals surface area contributed by atoms with Crippen LogP contribution in [0.15, 0.2) is 42.5 Å². The van der Waals surface area contributed by atoms with Gasteiger partial charge in [-0.15, -0.1) is 0 Å². The van der Waals surface area contributed by atoms with Gasteiger partial charge in [-0.2, -0.15) is 0 Å². The smallest absolute Gasteiger partial charge is 0.141 e. The normalized spacial score (nSPS) is 11.7. The Kier molecular flexibility index (Phi) is 5.22. The Bertz CT molecular complexity index is 627. The van der Waals surface area contributed by atoms with E-state index in [4.69, 9.17) is 23.2 Å². The molecule has 21 heavy (non-hydrogen) atoms. The van der Waals surface area contributed by atoms with Crippen LogP contribution in [0.3, 0.4) is 0 Å². The molecule has 0 aliphatic heterocycles. The Balaban J connectivity index is 2.40. The van der Waals surface area contributed by atoms with E-state index < -0.39 is 11.2 Å². The van der Waals surface area contributed by atoms with Gasteiger partial charge in [-0.05, 0) is 41.8 Å². The van der Waals surface area contributed by atoms with E-state index in [0.29, 0.717) is 11.4 Å². The number of hydrogen-bond donors (Lipinski definition) is 2. The van der Waals surface area contributed by atoms with Crippen LogP contribution < -0.4 is 0 Å². The number of aliphatic hydroxyl groups excluding tert-OH is 2. The molecule has 0 heterocycles. The molecule has 0 amide bonds. The Labute approximate surface area is 132 Å². The average Bonchev–Trinajstić information content (AvgIpc) is 2.48. The van der Waals surface area contributed by atoms with Crippen LogP contribution in [-0.2, 0) is 11.8 Å². The second-order valence-corrected chi connectivity index (χ2v) is 5.88. The predicted octanol–water partition coefficient (Wildman–Crippen LogP) is 3.60. The largest absolute Gasteiger partial charge is 0.395 e. The second-order valence-electron chi connectivity index (χ2n) is 5.03. The molecule has 112 valence electrons. The highest BCUT2D eigenvalue weighted by Gasteiger charge is 2.31. The summed E-state index contributed by atoms with van der Waals surface area (Å²) in [5.74, 6) is -0.498. The van der Waals surface area contributed by atoms with Gasteiger partial charge in [-0.1, -0.05) is 41.4 Å². The third-order valence-corrected chi connectivity index (χ3v) is 4.09. The molecule has 0 aliphatic rings. The fraction of sp³-hybridized carbons (Fsp3) is 0.250. The minimum absolute atomic E-state index is 0.0170. The second kappa shape index (κ2) is 6.75. The Morgan fingerprint density at radius 2 is 1.71 bits per heavy atom. The monoisotopic (exact) mass is 328 g/mol. The molecule has 0 aliphatic carbocycles. The molecule has 0 aromatic heterocycles. The zero-order valence-electron chi connectivity index (χ0n) is 11.2. The van der Waals surface area contributed by atoms with Crippen molar-refractivity contribution in [1.29, 1.82) is 0 Å². The van der Waals surface area contributed by atoms with Crippen LogP contribution in [0.4, 0.5) is 4.39 Å². The molecule has 0 unspecified atom stereocenters. The van der Waals surface area contributed by atoms with Gasteiger partial charge in [0.2, 0.25) is 0 Å². The maximum atomic E-state index is 13.2. The van der Waals surface area contributed by atoms with Crippen molar-refractivity contribution >= 4 is 23.2 Å². The molecule has 2 N–H and O–H groups in total. The lowest BCUT2D eigenvalue weighted by molar-refractivity contribution is 0.116. The third-order valence-electron chi connectivity index (χ3n) is 3.57. The summed E-state index contributed by atoms with van der Waals surface area (Å²) < 4.78 is 13.2. The maximum Gasteiger partial charge on any atom is 0.141 e. The summed E-state index contributed by atoms with van der Waals surface area (Å²) in [5.41, 5.74) is 0.552. The van der Waals surface area contributed by atoms with Gasteiger partial charge >= 0.3 is 0 Å². The van der Waals surface area contributed by atoms with Crippen LogP contribution in [0, 0.1) is 5.82 Å². The number of halogens is 3. The summed E-state index contributed by atoms with van der Waals surface area (Å²) in [5, 5.41) is 20.1. The van der Waals surface area contributed by atoms with Crippen LogP contribution in [0.1, 0.15) is 11.1 Å². The molecule has 0 spiro atoms. The van der Waals surface area contributed by atoms with E-state index in [1.807, 2.05) is 0 Å². The van der Waals surface area contributed by atoms with Crippen molar-refractivity contribution in [3.63, 3.8) is 0 Å². The molecule has 0 radical (unpaired) electrons. The van der Waals surface area contributed by atoms with Crippen molar-refractivity contribution in [3.05, 3.63) is 69.5 Å². The van der Waals surface area contributed by atoms with Crippen molar-refractivity contribution in [2.45, 2.75) is 11.8 Å². The molecule has 2 aromatic rings. The van der Waals surface area contributed by atoms with Gasteiger partial charge in [0.05, 0.1) is 18.2 Å². The lowest BCUT2D eigenvalue weighted by atomic mass is 9.77. The van der Waals surface area contributed by atoms with Crippen LogP contribution in [0.25, 0.3) is 0 Å². The predicted molar refractivity (Wildman–Crippen MR) is 82.4 cm³/mol. The van der Waals surface area contributed by atoms with E-state index in [-0.39, 0.29) is 18.2 Å². The molecule has 0 saturated heterocycles. The molecular weight excluding hydrogens is 314 g/mol. The number of aliphatic hydroxyl groups is 2. The number of rotatable bonds is 5. The first kappa shape index (κ1) is 16.2. The summed E-state index contributed by atoms with van der Waals surface area (Å²) in [6, 6.07) is 11.3. The van der Waals surface area contributed by atoms with Gasteiger partial charge in [-0.25, -0.2) is 4.39 Å². The van der Waals surface area contributed by atoms with Gasteiger partial charge in [-0.3, -0.25) is 0 Å². The van der Waals surface area contributed by atoms with E-state index in [0.717, 1.165) is 11.1 Å². The minimum atomic E-state index is -0.897. The fourth-order valence-electron chi connectivity index (χ4n) is 2.31. The third kappa shape index (κ3) is 3.55. The van der Waals surface area contributed by atoms with Gasteiger partial charge < -0.3 is 10.2 Å². The van der Waals surface area contributed by atoms with Crippen molar-refractivity contribution < 1.29 is 14.6 Å². The van der Waals surface area contributed by atoms with Gasteiger partial charge in [0, 0.05) is 10.4 Å². The van der Waals surface area contributed by atoms with Crippen LogP contribution in [-0.4, -0.2) is 23.4 Å². The first-order valence-electron chi connectivity index (χ1n) is 6.42. The van der Waals surface area contributed by atoms with E-state index in [9.17, 15) is 14.6 Å². The Morgan fingerprint density at radius 3 is 2.29 bits per heavy atom. The van der Waals surface area contributed by atoms with Crippen molar-refractivity contribution in [2.24, 2.45) is 0 Å². The van der Waals surface area contributed by atoms with Crippen molar-refractivity contribution in [2.75, 3.05) is 13.2 Å². The topological polar surface area (TPSA) is 40.5 Å².